The predicted octanol–water partition coefficient (Wildman–Crippen LogP) is 10.5. The first-order valence-electron chi connectivity index (χ1n) is 21.5. The molecule has 0 saturated carbocycles. The predicted molar refractivity (Wildman–Crippen MR) is 238 cm³/mol. The van der Waals surface area contributed by atoms with Gasteiger partial charge in [-0.05, 0) is 65.8 Å². The Morgan fingerprint density at radius 1 is 0.541 bits per heavy atom. The van der Waals surface area contributed by atoms with Gasteiger partial charge in [0.2, 0.25) is 6.29 Å². The minimum Gasteiger partial charge on any atom is -0.464 e. The van der Waals surface area contributed by atoms with Crippen molar-refractivity contribution < 1.29 is 33.2 Å². The van der Waals surface area contributed by atoms with Crippen LogP contribution in [0.1, 0.15) is 59.6 Å². The third kappa shape index (κ3) is 10.2. The lowest BCUT2D eigenvalue weighted by Gasteiger charge is -2.45. The summed E-state index contributed by atoms with van der Waals surface area (Å²) in [5.74, 6) is 0.819. The van der Waals surface area contributed by atoms with E-state index in [2.05, 4.69) is 122 Å². The number of nitrogens with zero attached hydrogens (tertiary/aromatic N) is 1. The van der Waals surface area contributed by atoms with Gasteiger partial charge in [0.25, 0.3) is 0 Å². The topological polar surface area (TPSA) is 67.9 Å². The Bertz CT molecular complexity index is 2170. The molecule has 0 N–H and O–H groups in total. The zero-order valence-corrected chi connectivity index (χ0v) is 35.4. The van der Waals surface area contributed by atoms with Crippen molar-refractivity contribution >= 4 is 5.69 Å². The van der Waals surface area contributed by atoms with E-state index in [-0.39, 0.29) is 6.10 Å². The molecule has 316 valence electrons. The number of ether oxygens (including phenoxy) is 7. The second-order valence-electron chi connectivity index (χ2n) is 16.0. The van der Waals surface area contributed by atoms with Crippen molar-refractivity contribution in [2.45, 2.75) is 88.6 Å². The van der Waals surface area contributed by atoms with E-state index in [4.69, 9.17) is 33.2 Å². The van der Waals surface area contributed by atoms with Gasteiger partial charge >= 0.3 is 0 Å². The summed E-state index contributed by atoms with van der Waals surface area (Å²) >= 11 is 0. The second kappa shape index (κ2) is 20.5. The molecule has 61 heavy (non-hydrogen) atoms. The molecule has 1 unspecified atom stereocenters. The summed E-state index contributed by atoms with van der Waals surface area (Å²) in [6.45, 7) is 3.67. The fourth-order valence-corrected chi connectivity index (χ4v) is 8.29. The van der Waals surface area contributed by atoms with Crippen molar-refractivity contribution in [1.29, 1.82) is 0 Å². The molecule has 1 fully saturated rings. The summed E-state index contributed by atoms with van der Waals surface area (Å²) in [5, 5.41) is 0. The monoisotopic (exact) mass is 819 g/mol. The normalized spacial score (nSPS) is 21.9. The van der Waals surface area contributed by atoms with Crippen molar-refractivity contribution in [3.63, 3.8) is 0 Å². The van der Waals surface area contributed by atoms with Crippen LogP contribution in [0.25, 0.3) is 0 Å². The first-order chi connectivity index (χ1) is 30.0. The first-order valence-corrected chi connectivity index (χ1v) is 21.5. The highest BCUT2D eigenvalue weighted by Crippen LogP contribution is 2.50. The lowest BCUT2D eigenvalue weighted by atomic mass is 9.78. The molecule has 6 aromatic rings. The van der Waals surface area contributed by atoms with Gasteiger partial charge in [-0.2, -0.15) is 0 Å². The molecule has 0 amide bonds. The van der Waals surface area contributed by atoms with Gasteiger partial charge in [0.05, 0.1) is 25.9 Å². The number of fused-ring (bicyclic) bond motifs is 1. The fourth-order valence-electron chi connectivity index (χ4n) is 8.29. The number of unbranched alkanes of at least 4 members (excludes halogenated alkanes) is 1. The van der Waals surface area contributed by atoms with Crippen molar-refractivity contribution in [3.8, 4) is 5.75 Å². The van der Waals surface area contributed by atoms with Crippen LogP contribution in [0, 0.1) is 0 Å². The molecule has 2 aliphatic rings. The fraction of sp³-hybridized carbons (Fsp3) is 0.321. The average Bonchev–Trinajstić information content (AvgIpc) is 3.31. The highest BCUT2D eigenvalue weighted by molar-refractivity contribution is 5.60. The Morgan fingerprint density at radius 2 is 1.03 bits per heavy atom. The molecular weight excluding hydrogens is 763 g/mol. The molecule has 6 aromatic carbocycles. The number of anilines is 1. The number of rotatable bonds is 18. The maximum absolute atomic E-state index is 7.20. The van der Waals surface area contributed by atoms with Crippen molar-refractivity contribution in [1.82, 2.24) is 0 Å². The molecule has 8 nitrogen and oxygen atoms in total. The van der Waals surface area contributed by atoms with Gasteiger partial charge in [-0.1, -0.05) is 152 Å². The quantitative estimate of drug-likeness (QED) is 0.0795. The Hall–Kier alpha value is -5.32. The van der Waals surface area contributed by atoms with Crippen molar-refractivity contribution in [2.75, 3.05) is 25.6 Å². The summed E-state index contributed by atoms with van der Waals surface area (Å²) < 4.78 is 47.3. The molecule has 8 heteroatoms. The van der Waals surface area contributed by atoms with Crippen molar-refractivity contribution in [3.05, 3.63) is 203 Å². The lowest BCUT2D eigenvalue weighted by Crippen LogP contribution is -2.60. The molecule has 0 radical (unpaired) electrons. The Morgan fingerprint density at radius 3 is 1.56 bits per heavy atom. The van der Waals surface area contributed by atoms with Crippen LogP contribution in [0.15, 0.2) is 170 Å². The molecule has 0 bridgehead atoms. The van der Waals surface area contributed by atoms with E-state index in [1.807, 2.05) is 73.7 Å². The van der Waals surface area contributed by atoms with Gasteiger partial charge in [-0.15, -0.1) is 0 Å². The molecule has 0 aliphatic carbocycles. The van der Waals surface area contributed by atoms with Gasteiger partial charge in [-0.3, -0.25) is 0 Å². The highest BCUT2D eigenvalue weighted by Gasteiger charge is 2.48. The van der Waals surface area contributed by atoms with E-state index in [1.54, 1.807) is 0 Å². The maximum Gasteiger partial charge on any atom is 0.201 e. The third-order valence-corrected chi connectivity index (χ3v) is 11.5. The molecule has 2 aliphatic heterocycles. The van der Waals surface area contributed by atoms with Gasteiger partial charge in [0.1, 0.15) is 24.1 Å². The standard InChI is InChI=1S/C53H57NO7/c1-39-49(56-36-40-21-9-4-10-22-40)50(57-37-41-23-11-5-12-24-41)51(58-38-42-25-13-6-14-26-42)52(59-39)55-34-20-19-31-48-60-47-33-32-45(54(2)3)35-46(47)53(61-48,43-27-15-7-16-28-43)44-29-17-8-18-30-44/h4-18,21-30,32-33,35,39,48-52H,19-20,31,34,36-38H2,1-3H3/t39-,48?,49-,50+,51+,52+/m0/s1. The molecule has 6 atom stereocenters. The largest absolute Gasteiger partial charge is 0.464 e. The van der Waals surface area contributed by atoms with Gasteiger partial charge < -0.3 is 38.1 Å². The first kappa shape index (κ1) is 42.4. The van der Waals surface area contributed by atoms with Crippen LogP contribution in [-0.4, -0.2) is 57.7 Å². The summed E-state index contributed by atoms with van der Waals surface area (Å²) in [6, 6.07) is 57.8. The minimum absolute atomic E-state index is 0.327. The zero-order valence-electron chi connectivity index (χ0n) is 35.4. The van der Waals surface area contributed by atoms with Gasteiger partial charge in [-0.25, -0.2) is 0 Å². The molecule has 2 heterocycles. The molecular formula is C53H57NO7. The lowest BCUT2D eigenvalue weighted by molar-refractivity contribution is -0.320. The third-order valence-electron chi connectivity index (χ3n) is 11.5. The Balaban J connectivity index is 0.988. The van der Waals surface area contributed by atoms with E-state index < -0.39 is 36.5 Å². The van der Waals surface area contributed by atoms with Crippen LogP contribution in [0.2, 0.25) is 0 Å². The zero-order chi connectivity index (χ0) is 41.9. The molecule has 0 spiro atoms. The summed E-state index contributed by atoms with van der Waals surface area (Å²) in [5.41, 5.74) is 6.49. The second-order valence-corrected chi connectivity index (χ2v) is 16.0. The summed E-state index contributed by atoms with van der Waals surface area (Å²) in [4.78, 5) is 2.11. The SMILES string of the molecule is C[C@@H]1O[C@@H](OCCCCC2Oc3ccc(N(C)C)cc3C(c3ccccc3)(c3ccccc3)O2)[C@H](OCc2ccccc2)[C@H](OCc2ccccc2)[C@H]1OCc1ccccc1. The Labute approximate surface area is 360 Å². The van der Waals surface area contributed by atoms with E-state index in [1.165, 1.54) is 0 Å². The van der Waals surface area contributed by atoms with Gasteiger partial charge in [0, 0.05) is 38.4 Å². The highest BCUT2D eigenvalue weighted by atomic mass is 16.7. The van der Waals surface area contributed by atoms with E-state index >= 15 is 0 Å². The van der Waals surface area contributed by atoms with Crippen LogP contribution >= 0.6 is 0 Å². The van der Waals surface area contributed by atoms with E-state index in [0.717, 1.165) is 57.7 Å². The maximum atomic E-state index is 7.20. The van der Waals surface area contributed by atoms with Crippen LogP contribution in [-0.2, 0) is 53.8 Å². The number of benzene rings is 6. The van der Waals surface area contributed by atoms with Crippen molar-refractivity contribution in [2.24, 2.45) is 0 Å². The smallest absolute Gasteiger partial charge is 0.201 e. The Kier molecular flexibility index (Phi) is 14.2. The molecule has 0 aromatic heterocycles. The van der Waals surface area contributed by atoms with E-state index in [0.29, 0.717) is 32.8 Å². The van der Waals surface area contributed by atoms with E-state index in [9.17, 15) is 0 Å². The van der Waals surface area contributed by atoms with Crippen LogP contribution in [0.4, 0.5) is 5.69 Å². The van der Waals surface area contributed by atoms with Gasteiger partial charge in [0.15, 0.2) is 11.9 Å². The van der Waals surface area contributed by atoms with Crippen LogP contribution in [0.5, 0.6) is 5.75 Å². The van der Waals surface area contributed by atoms with Crippen LogP contribution in [0.3, 0.4) is 0 Å². The average molecular weight is 820 g/mol. The number of hydrogen-bond acceptors (Lipinski definition) is 8. The number of hydrogen-bond donors (Lipinski definition) is 0. The summed E-state index contributed by atoms with van der Waals surface area (Å²) in [6.07, 6.45) is -0.734. The minimum atomic E-state index is -0.868. The summed E-state index contributed by atoms with van der Waals surface area (Å²) in [7, 11) is 4.10. The molecule has 8 rings (SSSR count). The van der Waals surface area contributed by atoms with Crippen LogP contribution < -0.4 is 9.64 Å². The molecule has 1 saturated heterocycles.